The summed E-state index contributed by atoms with van der Waals surface area (Å²) in [4.78, 5) is 12.7. The Kier molecular flexibility index (Phi) is 4.87. The molecule has 29 heavy (non-hydrogen) atoms. The molecule has 1 aromatic heterocycles. The van der Waals surface area contributed by atoms with Gasteiger partial charge >= 0.3 is 6.61 Å². The lowest BCUT2D eigenvalue weighted by molar-refractivity contribution is -0.0498. The molecule has 0 saturated heterocycles. The van der Waals surface area contributed by atoms with Crippen LogP contribution in [0, 0.1) is 6.92 Å². The highest BCUT2D eigenvalue weighted by molar-refractivity contribution is 5.93. The van der Waals surface area contributed by atoms with Crippen molar-refractivity contribution >= 4 is 5.91 Å². The summed E-state index contributed by atoms with van der Waals surface area (Å²) in [6, 6.07) is 11.0. The molecule has 1 unspecified atom stereocenters. The van der Waals surface area contributed by atoms with Crippen LogP contribution in [0.3, 0.4) is 0 Å². The van der Waals surface area contributed by atoms with Crippen LogP contribution in [0.4, 0.5) is 8.78 Å². The molecule has 2 N–H and O–H groups in total. The Morgan fingerprint density at radius 2 is 2.03 bits per heavy atom. The smallest absolute Gasteiger partial charge is 0.387 e. The molecule has 4 rings (SSSR count). The van der Waals surface area contributed by atoms with Gasteiger partial charge in [-0.15, -0.1) is 5.10 Å². The predicted molar refractivity (Wildman–Crippen MR) is 99.4 cm³/mol. The minimum absolute atomic E-state index is 0.0302. The van der Waals surface area contributed by atoms with E-state index in [0.717, 1.165) is 11.1 Å². The van der Waals surface area contributed by atoms with Gasteiger partial charge in [-0.3, -0.25) is 4.79 Å². The minimum atomic E-state index is -2.90. The lowest BCUT2D eigenvalue weighted by Crippen LogP contribution is -2.28. The Bertz CT molecular complexity index is 1050. The van der Waals surface area contributed by atoms with Crippen LogP contribution in [-0.4, -0.2) is 32.6 Å². The normalized spacial score (nSPS) is 15.4. The van der Waals surface area contributed by atoms with Gasteiger partial charge in [0.05, 0.1) is 17.4 Å². The van der Waals surface area contributed by atoms with Crippen molar-refractivity contribution in [3.05, 3.63) is 65.0 Å². The number of carbonyl (C=O) groups is 1. The molecule has 1 atom stereocenters. The predicted octanol–water partition coefficient (Wildman–Crippen LogP) is 3.30. The van der Waals surface area contributed by atoms with Gasteiger partial charge in [-0.1, -0.05) is 17.3 Å². The largest absolute Gasteiger partial charge is 0.508 e. The van der Waals surface area contributed by atoms with Gasteiger partial charge in [0.1, 0.15) is 11.5 Å². The summed E-state index contributed by atoms with van der Waals surface area (Å²) in [7, 11) is 0. The van der Waals surface area contributed by atoms with E-state index < -0.39 is 6.61 Å². The van der Waals surface area contributed by atoms with E-state index in [1.165, 1.54) is 16.8 Å². The Balaban J connectivity index is 1.52. The molecular weight excluding hydrogens is 382 g/mol. The van der Waals surface area contributed by atoms with Crippen LogP contribution in [0.25, 0.3) is 5.69 Å². The number of nitrogens with one attached hydrogen (secondary N) is 1. The number of phenolic OH excluding ortho intramolecular Hbond substituents is 1. The Labute approximate surface area is 164 Å². The molecule has 1 heterocycles. The molecule has 2 aromatic carbocycles. The number of halogens is 2. The second-order valence-electron chi connectivity index (χ2n) is 6.72. The third-order valence-corrected chi connectivity index (χ3v) is 4.97. The molecule has 1 aliphatic carbocycles. The summed E-state index contributed by atoms with van der Waals surface area (Å²) in [5.41, 5.74) is 3.00. The quantitative estimate of drug-likeness (QED) is 0.686. The number of amides is 1. The number of carbonyl (C=O) groups excluding carboxylic acids is 1. The molecule has 3 aromatic rings. The standard InChI is InChI=1S/C20H18F2N4O3/c1-11-18(19(28)23-16-10-9-15-14(16)3-2-4-17(15)27)24-25-26(11)12-5-7-13(8-6-12)29-20(21)22/h2-8,16,20,27H,9-10H2,1H3,(H,23,28). The molecule has 150 valence electrons. The van der Waals surface area contributed by atoms with Crippen LogP contribution in [0.2, 0.25) is 0 Å². The molecule has 0 spiro atoms. The van der Waals surface area contributed by atoms with Crippen molar-refractivity contribution in [1.82, 2.24) is 20.3 Å². The van der Waals surface area contributed by atoms with Crippen LogP contribution in [-0.2, 0) is 6.42 Å². The van der Waals surface area contributed by atoms with Crippen LogP contribution in [0.5, 0.6) is 11.5 Å². The number of rotatable bonds is 5. The third kappa shape index (κ3) is 3.63. The summed E-state index contributed by atoms with van der Waals surface area (Å²) in [6.45, 7) is -1.20. The van der Waals surface area contributed by atoms with E-state index in [1.807, 2.05) is 6.07 Å². The maximum Gasteiger partial charge on any atom is 0.387 e. The number of nitrogens with zero attached hydrogens (tertiary/aromatic N) is 3. The fraction of sp³-hybridized carbons (Fsp3) is 0.250. The highest BCUT2D eigenvalue weighted by Gasteiger charge is 2.28. The van der Waals surface area contributed by atoms with Gasteiger partial charge in [0, 0.05) is 0 Å². The van der Waals surface area contributed by atoms with Crippen LogP contribution < -0.4 is 10.1 Å². The summed E-state index contributed by atoms with van der Waals surface area (Å²) >= 11 is 0. The number of phenols is 1. The van der Waals surface area contributed by atoms with Gasteiger partial charge in [-0.25, -0.2) is 4.68 Å². The molecule has 0 saturated carbocycles. The number of ether oxygens (including phenoxy) is 1. The number of aromatic nitrogens is 3. The Morgan fingerprint density at radius 3 is 2.76 bits per heavy atom. The van der Waals surface area contributed by atoms with Gasteiger partial charge in [0.2, 0.25) is 0 Å². The van der Waals surface area contributed by atoms with Gasteiger partial charge in [0.15, 0.2) is 5.69 Å². The molecule has 1 amide bonds. The SMILES string of the molecule is Cc1c(C(=O)NC2CCc3c(O)cccc32)nnn1-c1ccc(OC(F)F)cc1. The van der Waals surface area contributed by atoms with Gasteiger partial charge < -0.3 is 15.2 Å². The number of hydrogen-bond donors (Lipinski definition) is 2. The molecule has 7 nitrogen and oxygen atoms in total. The lowest BCUT2D eigenvalue weighted by Gasteiger charge is -2.13. The van der Waals surface area contributed by atoms with E-state index in [0.29, 0.717) is 24.2 Å². The van der Waals surface area contributed by atoms with E-state index in [9.17, 15) is 18.7 Å². The number of aromatic hydroxyl groups is 1. The maximum atomic E-state index is 12.7. The molecule has 9 heteroatoms. The molecule has 0 aliphatic heterocycles. The number of benzene rings is 2. The molecule has 0 bridgehead atoms. The van der Waals surface area contributed by atoms with Gasteiger partial charge in [-0.2, -0.15) is 8.78 Å². The molecular formula is C20H18F2N4O3. The van der Waals surface area contributed by atoms with E-state index in [4.69, 9.17) is 0 Å². The first-order chi connectivity index (χ1) is 13.9. The van der Waals surface area contributed by atoms with Crippen molar-refractivity contribution in [2.45, 2.75) is 32.4 Å². The Morgan fingerprint density at radius 1 is 1.28 bits per heavy atom. The second-order valence-corrected chi connectivity index (χ2v) is 6.72. The lowest BCUT2D eigenvalue weighted by atomic mass is 10.1. The van der Waals surface area contributed by atoms with Crippen molar-refractivity contribution in [2.75, 3.05) is 0 Å². The Hall–Kier alpha value is -3.49. The summed E-state index contributed by atoms with van der Waals surface area (Å²) < 4.78 is 30.3. The van der Waals surface area contributed by atoms with Crippen molar-refractivity contribution in [1.29, 1.82) is 0 Å². The molecule has 0 fully saturated rings. The second kappa shape index (κ2) is 7.50. The number of alkyl halides is 2. The topological polar surface area (TPSA) is 89.3 Å². The van der Waals surface area contributed by atoms with E-state index in [1.54, 1.807) is 31.2 Å². The summed E-state index contributed by atoms with van der Waals surface area (Å²) in [6.07, 6.45) is 1.38. The molecule has 0 radical (unpaired) electrons. The van der Waals surface area contributed by atoms with Gasteiger partial charge in [0.25, 0.3) is 5.91 Å². The zero-order valence-corrected chi connectivity index (χ0v) is 15.5. The van der Waals surface area contributed by atoms with Crippen LogP contribution in [0.15, 0.2) is 42.5 Å². The highest BCUT2D eigenvalue weighted by atomic mass is 19.3. The van der Waals surface area contributed by atoms with Crippen molar-refractivity contribution in [3.8, 4) is 17.2 Å². The number of hydrogen-bond acceptors (Lipinski definition) is 5. The van der Waals surface area contributed by atoms with Crippen molar-refractivity contribution < 1.29 is 23.4 Å². The fourth-order valence-electron chi connectivity index (χ4n) is 3.56. The average molecular weight is 400 g/mol. The fourth-order valence-corrected chi connectivity index (χ4v) is 3.56. The average Bonchev–Trinajstić information content (AvgIpc) is 3.27. The van der Waals surface area contributed by atoms with E-state index in [-0.39, 0.29) is 29.1 Å². The van der Waals surface area contributed by atoms with E-state index >= 15 is 0 Å². The van der Waals surface area contributed by atoms with E-state index in [2.05, 4.69) is 20.4 Å². The van der Waals surface area contributed by atoms with Crippen molar-refractivity contribution in [3.63, 3.8) is 0 Å². The minimum Gasteiger partial charge on any atom is -0.508 e. The van der Waals surface area contributed by atoms with Crippen molar-refractivity contribution in [2.24, 2.45) is 0 Å². The maximum absolute atomic E-state index is 12.7. The van der Waals surface area contributed by atoms with Crippen LogP contribution >= 0.6 is 0 Å². The number of fused-ring (bicyclic) bond motifs is 1. The highest BCUT2D eigenvalue weighted by Crippen LogP contribution is 2.36. The molecule has 1 aliphatic rings. The van der Waals surface area contributed by atoms with Gasteiger partial charge in [-0.05, 0) is 61.2 Å². The summed E-state index contributed by atoms with van der Waals surface area (Å²) in [5.74, 6) is -0.101. The monoisotopic (exact) mass is 400 g/mol. The first-order valence-corrected chi connectivity index (χ1v) is 9.03. The first kappa shape index (κ1) is 18.9. The zero-order valence-electron chi connectivity index (χ0n) is 15.5. The van der Waals surface area contributed by atoms with Crippen LogP contribution in [0.1, 0.15) is 39.8 Å². The third-order valence-electron chi connectivity index (χ3n) is 4.97. The summed E-state index contributed by atoms with van der Waals surface area (Å²) in [5, 5.41) is 20.9. The first-order valence-electron chi connectivity index (χ1n) is 9.03. The zero-order chi connectivity index (χ0) is 20.5.